The molecule has 0 aromatic rings. The Morgan fingerprint density at radius 2 is 0.833 bits per heavy atom. The molecule has 0 unspecified atom stereocenters. The molecule has 0 bridgehead atoms. The second kappa shape index (κ2) is 3.06. The fourth-order valence-corrected chi connectivity index (χ4v) is 0. The summed E-state index contributed by atoms with van der Waals surface area (Å²) in [5.41, 5.74) is 0. The van der Waals surface area contributed by atoms with Crippen LogP contribution in [0.25, 0.3) is 0 Å². The van der Waals surface area contributed by atoms with Gasteiger partial charge in [0.25, 0.3) is 0 Å². The van der Waals surface area contributed by atoms with Crippen LogP contribution in [0.15, 0.2) is 0 Å². The van der Waals surface area contributed by atoms with Crippen LogP contribution in [0.4, 0.5) is 0 Å². The first-order valence-electron chi connectivity index (χ1n) is 0.730. The molecule has 0 spiro atoms. The fraction of sp³-hybridized carbons (Fsp3) is 0. The van der Waals surface area contributed by atoms with E-state index in [9.17, 15) is 0 Å². The Labute approximate surface area is 50.8 Å². The van der Waals surface area contributed by atoms with Crippen molar-refractivity contribution in [3.05, 3.63) is 0 Å². The van der Waals surface area contributed by atoms with Crippen molar-refractivity contribution in [3.63, 3.8) is 0 Å². The van der Waals surface area contributed by atoms with E-state index in [1.807, 2.05) is 0 Å². The molecule has 0 saturated heterocycles. The molecule has 0 rings (SSSR count). The molecule has 4 N–H and O–H groups in total. The maximum Gasteiger partial charge on any atom is 2.00 e. The second-order valence-electron chi connectivity index (χ2n) is 0.490. The summed E-state index contributed by atoms with van der Waals surface area (Å²) >= 11 is -4.75. The minimum atomic E-state index is -4.75. The monoisotopic (exact) mass is 184 g/mol. The van der Waals surface area contributed by atoms with Gasteiger partial charge in [0.1, 0.15) is 0 Å². The molecule has 0 radical (unpaired) electrons. The summed E-state index contributed by atoms with van der Waals surface area (Å²) in [6, 6.07) is 0. The van der Waals surface area contributed by atoms with E-state index in [0.717, 1.165) is 0 Å². The van der Waals surface area contributed by atoms with Gasteiger partial charge in [0, 0.05) is 0 Å². The van der Waals surface area contributed by atoms with E-state index in [1.165, 1.54) is 0 Å². The third kappa shape index (κ3) is 80.4. The van der Waals surface area contributed by atoms with Gasteiger partial charge in [-0.05, 0) is 0 Å². The van der Waals surface area contributed by atoms with E-state index in [2.05, 4.69) is 0 Å². The Balaban J connectivity index is 0. The van der Waals surface area contributed by atoms with Crippen LogP contribution in [0.2, 0.25) is 0 Å². The van der Waals surface area contributed by atoms with Crippen molar-refractivity contribution in [1.29, 1.82) is 0 Å². The first kappa shape index (κ1) is 10.1. The van der Waals surface area contributed by atoms with E-state index in [0.29, 0.717) is 0 Å². The van der Waals surface area contributed by atoms with Crippen molar-refractivity contribution in [2.24, 2.45) is 0 Å². The maximum atomic E-state index is 7.34. The summed E-state index contributed by atoms with van der Waals surface area (Å²) in [6.07, 6.45) is 0. The molecule has 4 nitrogen and oxygen atoms in total. The first-order valence-corrected chi connectivity index (χ1v) is 3.01. The number of hydrogen-bond donors (Lipinski definition) is 4. The van der Waals surface area contributed by atoms with Crippen LogP contribution in [0.5, 0.6) is 0 Å². The Hall–Kier alpha value is 0.996. The SMILES string of the molecule is [OH][Cr-2]([OH])([OH])[OH].[Zn+2]. The van der Waals surface area contributed by atoms with Crippen molar-refractivity contribution in [3.8, 4) is 0 Å². The van der Waals surface area contributed by atoms with Crippen molar-refractivity contribution < 1.29 is 50.5 Å². The molecule has 0 aliphatic heterocycles. The summed E-state index contributed by atoms with van der Waals surface area (Å²) in [6.45, 7) is 0. The van der Waals surface area contributed by atoms with Crippen LogP contribution >= 0.6 is 0 Å². The maximum absolute atomic E-state index is 7.34. The quantitative estimate of drug-likeness (QED) is 0.322. The van der Waals surface area contributed by atoms with Gasteiger partial charge in [-0.2, -0.15) is 0 Å². The van der Waals surface area contributed by atoms with Crippen LogP contribution < -0.4 is 0 Å². The standard InChI is InChI=1S/Cr.4H2O.Zn/h;4*1H2;/q+2;;;;;+2/p-4. The zero-order chi connectivity index (χ0) is 4.50. The van der Waals surface area contributed by atoms with Gasteiger partial charge in [-0.15, -0.1) is 0 Å². The molecule has 0 fully saturated rings. The molecular formula is H4CrO4Zn. The van der Waals surface area contributed by atoms with Gasteiger partial charge in [0.05, 0.1) is 0 Å². The van der Waals surface area contributed by atoms with Crippen LogP contribution in [0.3, 0.4) is 0 Å². The smallest absolute Gasteiger partial charge is 2.00 e. The van der Waals surface area contributed by atoms with Crippen LogP contribution in [0, 0.1) is 0 Å². The van der Waals surface area contributed by atoms with E-state index in [4.69, 9.17) is 16.6 Å². The summed E-state index contributed by atoms with van der Waals surface area (Å²) in [4.78, 5) is 0. The Morgan fingerprint density at radius 3 is 0.833 bits per heavy atom. The summed E-state index contributed by atoms with van der Waals surface area (Å²) < 4.78 is 29.4. The van der Waals surface area contributed by atoms with Crippen molar-refractivity contribution >= 4 is 0 Å². The van der Waals surface area contributed by atoms with Gasteiger partial charge in [-0.3, -0.25) is 0 Å². The zero-order valence-electron chi connectivity index (χ0n) is 2.90. The van der Waals surface area contributed by atoms with Crippen LogP contribution in [-0.2, 0) is 33.9 Å². The molecule has 0 aliphatic rings. The molecule has 6 heteroatoms. The molecule has 0 heterocycles. The molecule has 0 aromatic heterocycles. The van der Waals surface area contributed by atoms with E-state index in [-0.39, 0.29) is 19.5 Å². The van der Waals surface area contributed by atoms with Gasteiger partial charge in [-0.1, -0.05) is 0 Å². The second-order valence-corrected chi connectivity index (χ2v) is 2.02. The van der Waals surface area contributed by atoms with Gasteiger partial charge in [0.2, 0.25) is 0 Å². The van der Waals surface area contributed by atoms with Crippen LogP contribution in [-0.4, -0.2) is 16.6 Å². The normalized spacial score (nSPS) is 12.7. The number of hydrogen-bond acceptors (Lipinski definition) is 4. The number of rotatable bonds is 0. The van der Waals surface area contributed by atoms with E-state index >= 15 is 0 Å². The Bertz CT molecular complexity index is 23.0. The average Bonchev–Trinajstić information content (AvgIpc) is 0.722. The van der Waals surface area contributed by atoms with E-state index < -0.39 is 14.4 Å². The summed E-state index contributed by atoms with van der Waals surface area (Å²) in [7, 11) is 0. The fourth-order valence-electron chi connectivity index (χ4n) is 0. The average molecular weight is 185 g/mol. The largest absolute Gasteiger partial charge is 2.00 e. The zero-order valence-corrected chi connectivity index (χ0v) is 7.15. The van der Waals surface area contributed by atoms with Gasteiger partial charge < -0.3 is 0 Å². The molecule has 0 saturated carbocycles. The molecule has 0 aromatic carbocycles. The summed E-state index contributed by atoms with van der Waals surface area (Å²) in [5.74, 6) is 0. The van der Waals surface area contributed by atoms with Crippen molar-refractivity contribution in [2.45, 2.75) is 0 Å². The molecule has 6 heavy (non-hydrogen) atoms. The van der Waals surface area contributed by atoms with Gasteiger partial charge in [-0.25, -0.2) is 0 Å². The third-order valence-corrected chi connectivity index (χ3v) is 0. The molecule has 0 aliphatic carbocycles. The minimum Gasteiger partial charge on any atom is 2.00 e. The third-order valence-electron chi connectivity index (χ3n) is 0. The van der Waals surface area contributed by atoms with Crippen molar-refractivity contribution in [1.82, 2.24) is 0 Å². The molecular weight excluding hydrogens is 181 g/mol. The van der Waals surface area contributed by atoms with Crippen molar-refractivity contribution in [2.75, 3.05) is 0 Å². The Morgan fingerprint density at radius 1 is 0.833 bits per heavy atom. The molecule has 0 atom stereocenters. The first-order chi connectivity index (χ1) is 2.00. The Kier molecular flexibility index (Phi) is 5.14. The minimum absolute atomic E-state index is 0. The molecule has 36 valence electrons. The van der Waals surface area contributed by atoms with E-state index in [1.54, 1.807) is 0 Å². The summed E-state index contributed by atoms with van der Waals surface area (Å²) in [5, 5.41) is 0. The predicted octanol–water partition coefficient (Wildman–Crippen LogP) is -2.23. The predicted molar refractivity (Wildman–Crippen MR) is 8.88 cm³/mol. The molecule has 0 amide bonds. The van der Waals surface area contributed by atoms with Gasteiger partial charge in [0.15, 0.2) is 0 Å². The van der Waals surface area contributed by atoms with Gasteiger partial charge >= 0.3 is 50.5 Å². The van der Waals surface area contributed by atoms with Crippen LogP contribution in [0.1, 0.15) is 0 Å². The topological polar surface area (TPSA) is 80.9 Å².